The molecule has 19 heavy (non-hydrogen) atoms. The summed E-state index contributed by atoms with van der Waals surface area (Å²) in [6, 6.07) is 3.73. The lowest BCUT2D eigenvalue weighted by atomic mass is 10.4. The Morgan fingerprint density at radius 2 is 2.37 bits per heavy atom. The van der Waals surface area contributed by atoms with Crippen molar-refractivity contribution in [2.75, 3.05) is 32.8 Å². The van der Waals surface area contributed by atoms with Crippen LogP contribution in [-0.2, 0) is 11.3 Å². The standard InChI is InChI=1S/C13H23N3O3/c1-2-14-13(16-7-8-17)15-6-4-9-18-11-12-5-3-10-19-12/h3,5,10,17H,2,4,6-9,11H2,1H3,(H2,14,15,16). The molecule has 1 rings (SSSR count). The first kappa shape index (κ1) is 15.5. The molecule has 0 saturated heterocycles. The lowest BCUT2D eigenvalue weighted by Gasteiger charge is -2.09. The molecule has 0 bridgehead atoms. The van der Waals surface area contributed by atoms with Crippen molar-refractivity contribution in [1.29, 1.82) is 0 Å². The third-order valence-corrected chi connectivity index (χ3v) is 2.29. The van der Waals surface area contributed by atoms with Gasteiger partial charge in [-0.05, 0) is 25.5 Å². The molecule has 3 N–H and O–H groups in total. The van der Waals surface area contributed by atoms with Crippen molar-refractivity contribution in [3.8, 4) is 0 Å². The number of rotatable bonds is 9. The van der Waals surface area contributed by atoms with Crippen molar-refractivity contribution >= 4 is 5.96 Å². The molecule has 1 aromatic heterocycles. The average Bonchev–Trinajstić information content (AvgIpc) is 2.93. The van der Waals surface area contributed by atoms with E-state index in [1.54, 1.807) is 6.26 Å². The SMILES string of the molecule is CCNC(=NCCCOCc1ccco1)NCCO. The highest BCUT2D eigenvalue weighted by atomic mass is 16.5. The lowest BCUT2D eigenvalue weighted by Crippen LogP contribution is -2.38. The van der Waals surface area contributed by atoms with Crippen molar-refractivity contribution in [1.82, 2.24) is 10.6 Å². The van der Waals surface area contributed by atoms with Gasteiger partial charge in [-0.25, -0.2) is 0 Å². The van der Waals surface area contributed by atoms with Crippen molar-refractivity contribution in [3.05, 3.63) is 24.2 Å². The van der Waals surface area contributed by atoms with Crippen LogP contribution < -0.4 is 10.6 Å². The molecule has 0 radical (unpaired) electrons. The normalized spacial score (nSPS) is 11.6. The Kier molecular flexibility index (Phi) is 8.50. The van der Waals surface area contributed by atoms with Gasteiger partial charge in [0.25, 0.3) is 0 Å². The Morgan fingerprint density at radius 3 is 3.05 bits per heavy atom. The molecular weight excluding hydrogens is 246 g/mol. The number of aliphatic hydroxyl groups excluding tert-OH is 1. The van der Waals surface area contributed by atoms with E-state index in [1.807, 2.05) is 19.1 Å². The Morgan fingerprint density at radius 1 is 1.47 bits per heavy atom. The van der Waals surface area contributed by atoms with E-state index < -0.39 is 0 Å². The van der Waals surface area contributed by atoms with Gasteiger partial charge < -0.3 is 24.9 Å². The van der Waals surface area contributed by atoms with E-state index in [9.17, 15) is 0 Å². The van der Waals surface area contributed by atoms with Crippen LogP contribution in [0.3, 0.4) is 0 Å². The van der Waals surface area contributed by atoms with E-state index in [0.717, 1.165) is 24.7 Å². The van der Waals surface area contributed by atoms with Gasteiger partial charge >= 0.3 is 0 Å². The highest BCUT2D eigenvalue weighted by molar-refractivity contribution is 5.79. The Bertz CT molecular complexity index is 339. The third-order valence-electron chi connectivity index (χ3n) is 2.29. The van der Waals surface area contributed by atoms with Crippen LogP contribution in [0.1, 0.15) is 19.1 Å². The van der Waals surface area contributed by atoms with Crippen molar-refractivity contribution < 1.29 is 14.3 Å². The summed E-state index contributed by atoms with van der Waals surface area (Å²) >= 11 is 0. The van der Waals surface area contributed by atoms with E-state index in [1.165, 1.54) is 0 Å². The topological polar surface area (TPSA) is 79.0 Å². The number of furan rings is 1. The van der Waals surface area contributed by atoms with Crippen LogP contribution in [0.2, 0.25) is 0 Å². The average molecular weight is 269 g/mol. The van der Waals surface area contributed by atoms with Crippen molar-refractivity contribution in [2.24, 2.45) is 4.99 Å². The summed E-state index contributed by atoms with van der Waals surface area (Å²) in [6.45, 7) is 5.22. The van der Waals surface area contributed by atoms with E-state index >= 15 is 0 Å². The number of ether oxygens (including phenoxy) is 1. The second-order valence-electron chi connectivity index (χ2n) is 3.90. The Labute approximate surface area is 113 Å². The fourth-order valence-electron chi connectivity index (χ4n) is 1.44. The number of guanidine groups is 1. The molecule has 0 saturated carbocycles. The first-order valence-electron chi connectivity index (χ1n) is 6.60. The van der Waals surface area contributed by atoms with Crippen LogP contribution in [-0.4, -0.2) is 43.9 Å². The van der Waals surface area contributed by atoms with Crippen LogP contribution in [0.25, 0.3) is 0 Å². The molecule has 0 spiro atoms. The molecule has 0 aliphatic heterocycles. The minimum atomic E-state index is 0.0939. The van der Waals surface area contributed by atoms with Gasteiger partial charge in [0.15, 0.2) is 5.96 Å². The maximum Gasteiger partial charge on any atom is 0.191 e. The van der Waals surface area contributed by atoms with Gasteiger partial charge in [0.05, 0.1) is 12.9 Å². The zero-order valence-corrected chi connectivity index (χ0v) is 11.4. The van der Waals surface area contributed by atoms with Crippen LogP contribution in [0, 0.1) is 0 Å². The summed E-state index contributed by atoms with van der Waals surface area (Å²) in [5.41, 5.74) is 0. The van der Waals surface area contributed by atoms with Gasteiger partial charge in [0, 0.05) is 26.2 Å². The second-order valence-corrected chi connectivity index (χ2v) is 3.90. The summed E-state index contributed by atoms with van der Waals surface area (Å²) in [5, 5.41) is 14.9. The molecule has 1 heterocycles. The largest absolute Gasteiger partial charge is 0.467 e. The molecular formula is C13H23N3O3. The van der Waals surface area contributed by atoms with E-state index in [2.05, 4.69) is 15.6 Å². The highest BCUT2D eigenvalue weighted by Gasteiger charge is 1.97. The van der Waals surface area contributed by atoms with Crippen LogP contribution in [0.15, 0.2) is 27.8 Å². The van der Waals surface area contributed by atoms with Gasteiger partial charge in [-0.3, -0.25) is 4.99 Å². The number of hydrogen-bond acceptors (Lipinski definition) is 4. The van der Waals surface area contributed by atoms with Crippen LogP contribution in [0.5, 0.6) is 0 Å². The maximum atomic E-state index is 8.74. The van der Waals surface area contributed by atoms with Gasteiger partial charge in [-0.2, -0.15) is 0 Å². The maximum absolute atomic E-state index is 8.74. The zero-order chi connectivity index (χ0) is 13.8. The summed E-state index contributed by atoms with van der Waals surface area (Å²) in [4.78, 5) is 4.37. The molecule has 6 nitrogen and oxygen atoms in total. The zero-order valence-electron chi connectivity index (χ0n) is 11.4. The number of hydrogen-bond donors (Lipinski definition) is 3. The number of aliphatic imine (C=N–C) groups is 1. The van der Waals surface area contributed by atoms with E-state index in [4.69, 9.17) is 14.3 Å². The van der Waals surface area contributed by atoms with Crippen LogP contribution in [0.4, 0.5) is 0 Å². The molecule has 0 amide bonds. The molecule has 0 aliphatic carbocycles. The quantitative estimate of drug-likeness (QED) is 0.350. The summed E-state index contributed by atoms with van der Waals surface area (Å²) in [7, 11) is 0. The minimum absolute atomic E-state index is 0.0939. The predicted octanol–water partition coefficient (Wildman–Crippen LogP) is 0.734. The van der Waals surface area contributed by atoms with E-state index in [-0.39, 0.29) is 6.61 Å². The Hall–Kier alpha value is -1.53. The molecule has 0 aromatic carbocycles. The molecule has 0 aliphatic rings. The molecule has 0 fully saturated rings. The van der Waals surface area contributed by atoms with Gasteiger partial charge in [0.1, 0.15) is 12.4 Å². The molecule has 0 unspecified atom stereocenters. The number of nitrogens with zero attached hydrogens (tertiary/aromatic N) is 1. The fourth-order valence-corrected chi connectivity index (χ4v) is 1.44. The molecule has 108 valence electrons. The highest BCUT2D eigenvalue weighted by Crippen LogP contribution is 2.01. The number of aliphatic hydroxyl groups is 1. The van der Waals surface area contributed by atoms with Gasteiger partial charge in [-0.15, -0.1) is 0 Å². The minimum Gasteiger partial charge on any atom is -0.467 e. The van der Waals surface area contributed by atoms with Crippen molar-refractivity contribution in [2.45, 2.75) is 20.0 Å². The summed E-state index contributed by atoms with van der Waals surface area (Å²) < 4.78 is 10.6. The first-order chi connectivity index (χ1) is 9.36. The first-order valence-corrected chi connectivity index (χ1v) is 6.60. The number of nitrogens with one attached hydrogen (secondary N) is 2. The van der Waals surface area contributed by atoms with E-state index in [0.29, 0.717) is 26.3 Å². The Balaban J connectivity index is 2.08. The molecule has 1 aromatic rings. The molecule has 0 atom stereocenters. The fraction of sp³-hybridized carbons (Fsp3) is 0.615. The lowest BCUT2D eigenvalue weighted by molar-refractivity contribution is 0.105. The third kappa shape index (κ3) is 7.48. The second kappa shape index (κ2) is 10.4. The smallest absolute Gasteiger partial charge is 0.191 e. The predicted molar refractivity (Wildman–Crippen MR) is 74.0 cm³/mol. The van der Waals surface area contributed by atoms with Gasteiger partial charge in [-0.1, -0.05) is 0 Å². The van der Waals surface area contributed by atoms with Crippen LogP contribution >= 0.6 is 0 Å². The molecule has 6 heteroatoms. The van der Waals surface area contributed by atoms with Gasteiger partial charge in [0.2, 0.25) is 0 Å². The van der Waals surface area contributed by atoms with Crippen molar-refractivity contribution in [3.63, 3.8) is 0 Å². The monoisotopic (exact) mass is 269 g/mol. The summed E-state index contributed by atoms with van der Waals surface area (Å²) in [6.07, 6.45) is 2.48. The summed E-state index contributed by atoms with van der Waals surface area (Å²) in [5.74, 6) is 1.56.